The van der Waals surface area contributed by atoms with E-state index >= 15 is 0 Å². The van der Waals surface area contributed by atoms with Crippen molar-refractivity contribution < 1.29 is 14.3 Å². The van der Waals surface area contributed by atoms with Crippen molar-refractivity contribution in [3.05, 3.63) is 71.8 Å². The van der Waals surface area contributed by atoms with Crippen LogP contribution < -0.4 is 11.5 Å². The van der Waals surface area contributed by atoms with Gasteiger partial charge in [-0.15, -0.1) is 0 Å². The number of hydrogen-bond acceptors (Lipinski definition) is 5. The maximum absolute atomic E-state index is 12.3. The topological polar surface area (TPSA) is 87.6 Å². The van der Waals surface area contributed by atoms with Crippen LogP contribution in [0.25, 0.3) is 0 Å². The van der Waals surface area contributed by atoms with Crippen molar-refractivity contribution in [1.82, 2.24) is 0 Å². The molecule has 0 aliphatic rings. The van der Waals surface area contributed by atoms with Gasteiger partial charge in [0.1, 0.15) is 12.2 Å². The minimum Gasteiger partial charge on any atom is -0.424 e. The summed E-state index contributed by atoms with van der Waals surface area (Å²) in [6.45, 7) is 3.57. The largest absolute Gasteiger partial charge is 0.509 e. The third kappa shape index (κ3) is 4.81. The van der Waals surface area contributed by atoms with Gasteiger partial charge >= 0.3 is 6.16 Å². The van der Waals surface area contributed by atoms with Crippen LogP contribution in [0.5, 0.6) is 0 Å². The van der Waals surface area contributed by atoms with Gasteiger partial charge in [0.25, 0.3) is 0 Å². The van der Waals surface area contributed by atoms with Gasteiger partial charge in [0.05, 0.1) is 0 Å². The van der Waals surface area contributed by atoms with Crippen LogP contribution in [0, 0.1) is 0 Å². The molecule has 128 valence electrons. The Morgan fingerprint density at radius 3 is 1.38 bits per heavy atom. The molecule has 4 atom stereocenters. The summed E-state index contributed by atoms with van der Waals surface area (Å²) in [5, 5.41) is 0. The zero-order chi connectivity index (χ0) is 17.5. The van der Waals surface area contributed by atoms with Gasteiger partial charge in [0.15, 0.2) is 0 Å². The molecule has 0 bridgehead atoms. The smallest absolute Gasteiger partial charge is 0.424 e. The van der Waals surface area contributed by atoms with E-state index in [0.29, 0.717) is 0 Å². The zero-order valence-corrected chi connectivity index (χ0v) is 14.0. The minimum atomic E-state index is -0.785. The molecule has 0 radical (unpaired) electrons. The monoisotopic (exact) mass is 328 g/mol. The number of hydrogen-bond donors (Lipinski definition) is 2. The predicted octanol–water partition coefficient (Wildman–Crippen LogP) is 3.32. The molecule has 0 spiro atoms. The van der Waals surface area contributed by atoms with Crippen molar-refractivity contribution in [2.24, 2.45) is 11.5 Å². The Bertz CT molecular complexity index is 574. The molecule has 2 aromatic carbocycles. The molecule has 2 rings (SSSR count). The van der Waals surface area contributed by atoms with Crippen LogP contribution >= 0.6 is 0 Å². The Morgan fingerprint density at radius 2 is 1.08 bits per heavy atom. The Morgan fingerprint density at radius 1 is 0.750 bits per heavy atom. The van der Waals surface area contributed by atoms with Gasteiger partial charge in [-0.1, -0.05) is 60.7 Å². The van der Waals surface area contributed by atoms with Gasteiger partial charge in [-0.05, 0) is 25.0 Å². The van der Waals surface area contributed by atoms with Crippen molar-refractivity contribution in [3.63, 3.8) is 0 Å². The molecular formula is C19H24N2O3. The lowest BCUT2D eigenvalue weighted by molar-refractivity contribution is -0.0136. The summed E-state index contributed by atoms with van der Waals surface area (Å²) in [6.07, 6.45) is -1.95. The molecular weight excluding hydrogens is 304 g/mol. The molecule has 5 heteroatoms. The van der Waals surface area contributed by atoms with Crippen LogP contribution in [0.2, 0.25) is 0 Å². The molecule has 4 unspecified atom stereocenters. The predicted molar refractivity (Wildman–Crippen MR) is 93.2 cm³/mol. The number of rotatable bonds is 6. The summed E-state index contributed by atoms with van der Waals surface area (Å²) in [7, 11) is 0. The van der Waals surface area contributed by atoms with Crippen LogP contribution in [0.4, 0.5) is 4.79 Å². The van der Waals surface area contributed by atoms with Gasteiger partial charge in [-0.25, -0.2) is 4.79 Å². The van der Waals surface area contributed by atoms with Crippen molar-refractivity contribution in [3.8, 4) is 0 Å². The van der Waals surface area contributed by atoms with E-state index in [2.05, 4.69) is 0 Å². The summed E-state index contributed by atoms with van der Waals surface area (Å²) in [5.41, 5.74) is 13.6. The van der Waals surface area contributed by atoms with Crippen molar-refractivity contribution >= 4 is 6.16 Å². The van der Waals surface area contributed by atoms with E-state index in [1.54, 1.807) is 13.8 Å². The number of ether oxygens (including phenoxy) is 2. The summed E-state index contributed by atoms with van der Waals surface area (Å²) in [6, 6.07) is 18.0. The standard InChI is InChI=1S/C19H24N2O3/c1-13(20)17(15-9-5-3-6-10-15)23-19(22)24-18(14(2)21)16-11-7-4-8-12-16/h3-14,17-18H,20-21H2,1-2H3. The van der Waals surface area contributed by atoms with Gasteiger partial charge < -0.3 is 20.9 Å². The first-order valence-corrected chi connectivity index (χ1v) is 7.97. The molecule has 0 aliphatic heterocycles. The molecule has 0 heterocycles. The number of nitrogens with two attached hydrogens (primary N) is 2. The van der Waals surface area contributed by atoms with Gasteiger partial charge in [-0.3, -0.25) is 0 Å². The summed E-state index contributed by atoms with van der Waals surface area (Å²) in [5.74, 6) is 0. The first kappa shape index (κ1) is 18.0. The molecule has 24 heavy (non-hydrogen) atoms. The second-order valence-electron chi connectivity index (χ2n) is 5.87. The summed E-state index contributed by atoms with van der Waals surface area (Å²) >= 11 is 0. The highest BCUT2D eigenvalue weighted by Crippen LogP contribution is 2.25. The third-order valence-corrected chi connectivity index (χ3v) is 3.66. The van der Waals surface area contributed by atoms with E-state index in [4.69, 9.17) is 20.9 Å². The highest BCUT2D eigenvalue weighted by atomic mass is 16.7. The average molecular weight is 328 g/mol. The van der Waals surface area contributed by atoms with E-state index < -0.39 is 18.4 Å². The number of carbonyl (C=O) groups is 1. The number of benzene rings is 2. The van der Waals surface area contributed by atoms with E-state index in [-0.39, 0.29) is 12.1 Å². The molecule has 0 aromatic heterocycles. The Balaban J connectivity index is 2.09. The third-order valence-electron chi connectivity index (χ3n) is 3.66. The van der Waals surface area contributed by atoms with E-state index in [1.165, 1.54) is 0 Å². The molecule has 0 saturated carbocycles. The first-order chi connectivity index (χ1) is 11.5. The van der Waals surface area contributed by atoms with Crippen LogP contribution in [0.1, 0.15) is 37.2 Å². The highest BCUT2D eigenvalue weighted by Gasteiger charge is 2.26. The van der Waals surface area contributed by atoms with Crippen LogP contribution in [0.3, 0.4) is 0 Å². The quantitative estimate of drug-likeness (QED) is 0.794. The SMILES string of the molecule is CC(N)C(OC(=O)OC(c1ccccc1)C(C)N)c1ccccc1. The summed E-state index contributed by atoms with van der Waals surface area (Å²) in [4.78, 5) is 12.3. The Labute approximate surface area is 142 Å². The van der Waals surface area contributed by atoms with E-state index in [0.717, 1.165) is 11.1 Å². The second-order valence-corrected chi connectivity index (χ2v) is 5.87. The zero-order valence-electron chi connectivity index (χ0n) is 14.0. The fourth-order valence-electron chi connectivity index (χ4n) is 2.48. The lowest BCUT2D eigenvalue weighted by atomic mass is 10.0. The maximum atomic E-state index is 12.3. The molecule has 4 N–H and O–H groups in total. The van der Waals surface area contributed by atoms with Crippen LogP contribution in [0.15, 0.2) is 60.7 Å². The molecule has 5 nitrogen and oxygen atoms in total. The molecule has 0 amide bonds. The van der Waals surface area contributed by atoms with E-state index in [9.17, 15) is 4.79 Å². The van der Waals surface area contributed by atoms with Crippen LogP contribution in [-0.2, 0) is 9.47 Å². The Kier molecular flexibility index (Phi) is 6.35. The normalized spacial score (nSPS) is 15.8. The van der Waals surface area contributed by atoms with Crippen molar-refractivity contribution in [1.29, 1.82) is 0 Å². The van der Waals surface area contributed by atoms with Crippen molar-refractivity contribution in [2.75, 3.05) is 0 Å². The average Bonchev–Trinajstić information content (AvgIpc) is 2.58. The molecule has 2 aromatic rings. The fraction of sp³-hybridized carbons (Fsp3) is 0.316. The number of carbonyl (C=O) groups excluding carboxylic acids is 1. The second kappa shape index (κ2) is 8.47. The lowest BCUT2D eigenvalue weighted by Gasteiger charge is -2.25. The first-order valence-electron chi connectivity index (χ1n) is 7.97. The van der Waals surface area contributed by atoms with Gasteiger partial charge in [0, 0.05) is 12.1 Å². The van der Waals surface area contributed by atoms with Gasteiger partial charge in [-0.2, -0.15) is 0 Å². The lowest BCUT2D eigenvalue weighted by Crippen LogP contribution is -2.32. The van der Waals surface area contributed by atoms with Crippen molar-refractivity contribution in [2.45, 2.75) is 38.1 Å². The maximum Gasteiger partial charge on any atom is 0.509 e. The molecule has 0 aliphatic carbocycles. The minimum absolute atomic E-state index is 0.370. The molecule has 0 saturated heterocycles. The summed E-state index contributed by atoms with van der Waals surface area (Å²) < 4.78 is 10.9. The fourth-order valence-corrected chi connectivity index (χ4v) is 2.48. The molecule has 0 fully saturated rings. The Hall–Kier alpha value is -2.37. The highest BCUT2D eigenvalue weighted by molar-refractivity contribution is 5.61. The van der Waals surface area contributed by atoms with Crippen LogP contribution in [-0.4, -0.2) is 18.2 Å². The van der Waals surface area contributed by atoms with E-state index in [1.807, 2.05) is 60.7 Å². The van der Waals surface area contributed by atoms with Gasteiger partial charge in [0.2, 0.25) is 0 Å².